The molecule has 0 unspecified atom stereocenters. The Kier molecular flexibility index (Phi) is 15.8. The molecule has 8 rings (SSSR count). The summed E-state index contributed by atoms with van der Waals surface area (Å²) < 4.78 is 11.9. The molecule has 2 atom stereocenters. The van der Waals surface area contributed by atoms with E-state index in [1.165, 1.54) is 17.7 Å². The Morgan fingerprint density at radius 3 is 2.16 bits per heavy atom. The molecule has 0 saturated carbocycles. The Bertz CT molecular complexity index is 2690. The summed E-state index contributed by atoms with van der Waals surface area (Å²) in [5, 5.41) is 33.9. The van der Waals surface area contributed by atoms with Crippen molar-refractivity contribution in [3.63, 3.8) is 0 Å². The number of ether oxygens (including phenoxy) is 2. The number of phenolic OH excluding ortho intramolecular Hbond substituents is 1. The molecule has 68 heavy (non-hydrogen) atoms. The van der Waals surface area contributed by atoms with Crippen LogP contribution in [0, 0.1) is 11.8 Å². The second-order valence-electron chi connectivity index (χ2n) is 18.4. The number of aliphatic hydroxyl groups is 2. The van der Waals surface area contributed by atoms with Crippen LogP contribution in [0.5, 0.6) is 11.5 Å². The summed E-state index contributed by atoms with van der Waals surface area (Å²) >= 11 is 0. The van der Waals surface area contributed by atoms with Gasteiger partial charge in [0.1, 0.15) is 11.5 Å². The van der Waals surface area contributed by atoms with Gasteiger partial charge in [-0.25, -0.2) is 4.79 Å². The molecule has 2 aliphatic heterocycles. The number of fused-ring (bicyclic) bond motifs is 1. The van der Waals surface area contributed by atoms with Gasteiger partial charge in [-0.2, -0.15) is 0 Å². The lowest BCUT2D eigenvalue weighted by Gasteiger charge is -2.33. The highest BCUT2D eigenvalue weighted by Crippen LogP contribution is 2.35. The monoisotopic (exact) mass is 919 g/mol. The standard InChI is InChI=1S/C56H61N3O9/c60-49(47-22-24-50(61)54-48(47)23-25-52(63)57-54)17-8-7-10-39-18-20-43(21-19-39)51(62)34-40-28-32-59(33-29-40)53(64)38-67-46-16-9-15-45(35-46)56(66,44-13-5-2-6-14-44)55(65)68-37-42-26-30-58(31-27-42)36-41-11-3-1-4-12-41/h1-6,9,11-16,18-25,35,40,42,49,60-61,66H,7-8,10,17,26-34,36-38H2,(H,57,63)/t49-,56-/m0/s1. The number of esters is 1. The lowest BCUT2D eigenvalue weighted by atomic mass is 9.86. The normalized spacial score (nSPS) is 16.2. The second kappa shape index (κ2) is 22.5. The van der Waals surface area contributed by atoms with E-state index in [1.807, 2.05) is 36.4 Å². The van der Waals surface area contributed by atoms with Crippen LogP contribution in [0.2, 0.25) is 0 Å². The highest BCUT2D eigenvalue weighted by molar-refractivity contribution is 5.96. The Balaban J connectivity index is 0.766. The fourth-order valence-electron chi connectivity index (χ4n) is 9.58. The number of amides is 1. The number of H-pyrrole nitrogens is 1. The van der Waals surface area contributed by atoms with Gasteiger partial charge in [-0.1, -0.05) is 110 Å². The molecule has 12 heteroatoms. The number of phenols is 1. The van der Waals surface area contributed by atoms with E-state index in [0.717, 1.165) is 57.3 Å². The summed E-state index contributed by atoms with van der Waals surface area (Å²) in [6, 6.07) is 39.7. The number of Topliss-reactive ketones (excluding diaryl/α,β-unsaturated/α-hetero) is 1. The smallest absolute Gasteiger partial charge is 0.347 e. The number of benzene rings is 5. The van der Waals surface area contributed by atoms with Crippen LogP contribution in [0.25, 0.3) is 10.9 Å². The van der Waals surface area contributed by atoms with Gasteiger partial charge in [0.2, 0.25) is 11.2 Å². The molecule has 0 radical (unpaired) electrons. The van der Waals surface area contributed by atoms with Crippen LogP contribution in [-0.2, 0) is 32.9 Å². The van der Waals surface area contributed by atoms with E-state index in [-0.39, 0.29) is 53.6 Å². The number of aromatic nitrogens is 1. The molecule has 5 aromatic carbocycles. The van der Waals surface area contributed by atoms with E-state index in [9.17, 15) is 34.5 Å². The van der Waals surface area contributed by atoms with Crippen LogP contribution in [0.4, 0.5) is 0 Å². The van der Waals surface area contributed by atoms with Crippen LogP contribution in [0.1, 0.15) is 95.6 Å². The molecule has 0 spiro atoms. The van der Waals surface area contributed by atoms with Gasteiger partial charge >= 0.3 is 5.97 Å². The van der Waals surface area contributed by atoms with Crippen molar-refractivity contribution in [2.45, 2.75) is 76.0 Å². The number of carbonyl (C=O) groups is 3. The number of rotatable bonds is 19. The van der Waals surface area contributed by atoms with Crippen molar-refractivity contribution in [2.24, 2.45) is 11.8 Å². The molecule has 12 nitrogen and oxygen atoms in total. The van der Waals surface area contributed by atoms with Crippen LogP contribution < -0.4 is 10.3 Å². The number of hydrogen-bond acceptors (Lipinski definition) is 10. The number of aromatic hydroxyl groups is 1. The average Bonchev–Trinajstić information content (AvgIpc) is 3.37. The summed E-state index contributed by atoms with van der Waals surface area (Å²) in [5.74, 6) is -0.209. The molecule has 354 valence electrons. The molecular formula is C56H61N3O9. The molecule has 3 heterocycles. The molecule has 1 amide bonds. The predicted molar refractivity (Wildman–Crippen MR) is 260 cm³/mol. The van der Waals surface area contributed by atoms with Crippen molar-refractivity contribution in [2.75, 3.05) is 39.4 Å². The van der Waals surface area contributed by atoms with Crippen LogP contribution in [0.15, 0.2) is 138 Å². The van der Waals surface area contributed by atoms with Crippen molar-refractivity contribution in [1.82, 2.24) is 14.8 Å². The number of aromatic amines is 1. The van der Waals surface area contributed by atoms with Gasteiger partial charge < -0.3 is 34.7 Å². The first-order valence-electron chi connectivity index (χ1n) is 23.9. The lowest BCUT2D eigenvalue weighted by molar-refractivity contribution is -0.164. The van der Waals surface area contributed by atoms with E-state index >= 15 is 0 Å². The van der Waals surface area contributed by atoms with Crippen LogP contribution in [0.3, 0.4) is 0 Å². The van der Waals surface area contributed by atoms with E-state index < -0.39 is 17.7 Å². The van der Waals surface area contributed by atoms with Gasteiger partial charge in [-0.15, -0.1) is 0 Å². The maximum absolute atomic E-state index is 13.9. The first-order valence-corrected chi connectivity index (χ1v) is 23.9. The molecule has 1 aromatic heterocycles. The zero-order valence-corrected chi connectivity index (χ0v) is 38.4. The average molecular weight is 920 g/mol. The van der Waals surface area contributed by atoms with Crippen molar-refractivity contribution in [3.8, 4) is 11.5 Å². The van der Waals surface area contributed by atoms with Gasteiger partial charge in [0.05, 0.1) is 18.2 Å². The topological polar surface area (TPSA) is 170 Å². The predicted octanol–water partition coefficient (Wildman–Crippen LogP) is 8.26. The van der Waals surface area contributed by atoms with Gasteiger partial charge in [0, 0.05) is 48.6 Å². The quantitative estimate of drug-likeness (QED) is 0.0353. The first-order chi connectivity index (χ1) is 33.0. The molecule has 0 aliphatic carbocycles. The van der Waals surface area contributed by atoms with Gasteiger partial charge in [0.25, 0.3) is 5.91 Å². The van der Waals surface area contributed by atoms with Gasteiger partial charge in [0.15, 0.2) is 12.4 Å². The number of aliphatic hydroxyl groups excluding tert-OH is 1. The number of piperidine rings is 2. The third kappa shape index (κ3) is 11.9. The number of aryl methyl sites for hydroxylation is 1. The Labute approximate surface area is 397 Å². The number of likely N-dealkylation sites (tertiary alicyclic amines) is 2. The molecule has 2 saturated heterocycles. The summed E-state index contributed by atoms with van der Waals surface area (Å²) in [5.41, 5.74) is 2.27. The fraction of sp³-hybridized carbons (Fsp3) is 0.357. The fourth-order valence-corrected chi connectivity index (χ4v) is 9.58. The summed E-state index contributed by atoms with van der Waals surface area (Å²) in [4.78, 5) is 59.1. The van der Waals surface area contributed by atoms with Crippen LogP contribution >= 0.6 is 0 Å². The SMILES string of the molecule is O=C(CC1CCN(C(=O)COc2cccc([C@](O)(C(=O)OCC3CCN(Cc4ccccc4)CC3)c3ccccc3)c2)CC1)c1ccc(CCCC[C@H](O)c2ccc(O)c3[nH]c(=O)ccc23)cc1. The zero-order chi connectivity index (χ0) is 47.5. The maximum Gasteiger partial charge on any atom is 0.347 e. The summed E-state index contributed by atoms with van der Waals surface area (Å²) in [7, 11) is 0. The minimum absolute atomic E-state index is 0.0363. The van der Waals surface area contributed by atoms with Crippen molar-refractivity contribution in [1.29, 1.82) is 0 Å². The molecule has 4 N–H and O–H groups in total. The summed E-state index contributed by atoms with van der Waals surface area (Å²) in [6.07, 6.45) is 5.78. The molecule has 2 aliphatic rings. The number of ketones is 1. The number of carbonyl (C=O) groups excluding carboxylic acids is 3. The van der Waals surface area contributed by atoms with Crippen molar-refractivity contribution in [3.05, 3.63) is 177 Å². The molecular weight excluding hydrogens is 859 g/mol. The van der Waals surface area contributed by atoms with Crippen LogP contribution in [-0.4, -0.2) is 87.2 Å². The third-order valence-corrected chi connectivity index (χ3v) is 13.7. The largest absolute Gasteiger partial charge is 0.506 e. The van der Waals surface area contributed by atoms with E-state index in [1.54, 1.807) is 65.6 Å². The maximum atomic E-state index is 13.9. The molecule has 2 fully saturated rings. The minimum atomic E-state index is -2.09. The van der Waals surface area contributed by atoms with Gasteiger partial charge in [-0.05, 0) is 116 Å². The Morgan fingerprint density at radius 2 is 1.43 bits per heavy atom. The number of nitrogens with one attached hydrogen (secondary N) is 1. The number of hydrogen-bond donors (Lipinski definition) is 4. The van der Waals surface area contributed by atoms with E-state index in [0.29, 0.717) is 72.1 Å². The Morgan fingerprint density at radius 1 is 0.735 bits per heavy atom. The Hall–Kier alpha value is -6.60. The van der Waals surface area contributed by atoms with E-state index in [2.05, 4.69) is 34.1 Å². The summed E-state index contributed by atoms with van der Waals surface area (Å²) in [6.45, 7) is 3.72. The lowest BCUT2D eigenvalue weighted by Crippen LogP contribution is -2.41. The third-order valence-electron chi connectivity index (χ3n) is 13.7. The number of nitrogens with zero attached hydrogens (tertiary/aromatic N) is 2. The minimum Gasteiger partial charge on any atom is -0.506 e. The number of unbranched alkanes of at least 4 members (excludes halogenated alkanes) is 1. The van der Waals surface area contributed by atoms with Crippen molar-refractivity contribution >= 4 is 28.6 Å². The highest BCUT2D eigenvalue weighted by atomic mass is 16.5. The zero-order valence-electron chi connectivity index (χ0n) is 38.4. The van der Waals surface area contributed by atoms with Crippen molar-refractivity contribution < 1.29 is 39.2 Å². The van der Waals surface area contributed by atoms with E-state index in [4.69, 9.17) is 9.47 Å². The molecule has 0 bridgehead atoms. The number of pyridine rings is 1. The first kappa shape index (κ1) is 47.9. The molecule has 6 aromatic rings. The van der Waals surface area contributed by atoms with Gasteiger partial charge in [-0.3, -0.25) is 19.3 Å². The second-order valence-corrected chi connectivity index (χ2v) is 18.4. The highest BCUT2D eigenvalue weighted by Gasteiger charge is 2.42.